The average Bonchev–Trinajstić information content (AvgIpc) is 3.20. The predicted octanol–water partition coefficient (Wildman–Crippen LogP) is 3.61. The van der Waals surface area contributed by atoms with Crippen LogP contribution in [0.2, 0.25) is 0 Å². The molecular weight excluding hydrogens is 372 g/mol. The highest BCUT2D eigenvalue weighted by Crippen LogP contribution is 2.19. The molecule has 0 fully saturated rings. The van der Waals surface area contributed by atoms with Crippen molar-refractivity contribution in [1.29, 1.82) is 5.26 Å². The first-order valence-corrected chi connectivity index (χ1v) is 9.98. The number of aromatic nitrogens is 4. The largest absolute Gasteiger partial charge is 0.325 e. The molecule has 28 heavy (non-hydrogen) atoms. The molecule has 0 spiro atoms. The molecule has 1 amide bonds. The maximum Gasteiger partial charge on any atom is 0.234 e. The summed E-state index contributed by atoms with van der Waals surface area (Å²) in [7, 11) is 0. The van der Waals surface area contributed by atoms with Crippen LogP contribution in [0.25, 0.3) is 5.69 Å². The Morgan fingerprint density at radius 1 is 1.25 bits per heavy atom. The Bertz CT molecular complexity index is 977. The summed E-state index contributed by atoms with van der Waals surface area (Å²) in [4.78, 5) is 12.2. The van der Waals surface area contributed by atoms with Gasteiger partial charge >= 0.3 is 0 Å². The number of nitriles is 1. The van der Waals surface area contributed by atoms with E-state index < -0.39 is 0 Å². The minimum absolute atomic E-state index is 0.158. The molecule has 0 aliphatic rings. The third-order valence-electron chi connectivity index (χ3n) is 4.05. The fourth-order valence-corrected chi connectivity index (χ4v) is 3.30. The molecule has 2 aromatic carbocycles. The first-order valence-electron chi connectivity index (χ1n) is 9.00. The molecule has 1 aromatic heterocycles. The lowest BCUT2D eigenvalue weighted by Gasteiger charge is -2.07. The fraction of sp³-hybridized carbons (Fsp3) is 0.250. The van der Waals surface area contributed by atoms with Crippen molar-refractivity contribution in [2.24, 2.45) is 0 Å². The Hall–Kier alpha value is -3.18. The van der Waals surface area contributed by atoms with Crippen LogP contribution in [0.1, 0.15) is 30.9 Å². The normalized spacial score (nSPS) is 10.4. The van der Waals surface area contributed by atoms with Crippen LogP contribution in [-0.4, -0.2) is 31.9 Å². The highest BCUT2D eigenvalue weighted by Gasteiger charge is 2.12. The number of hydrogen-bond acceptors (Lipinski definition) is 6. The highest BCUT2D eigenvalue weighted by atomic mass is 32.2. The van der Waals surface area contributed by atoms with Gasteiger partial charge < -0.3 is 5.32 Å². The quantitative estimate of drug-likeness (QED) is 0.588. The Kier molecular flexibility index (Phi) is 6.76. The number of thioether (sulfide) groups is 1. The van der Waals surface area contributed by atoms with Gasteiger partial charge in [-0.25, -0.2) is 0 Å². The minimum Gasteiger partial charge on any atom is -0.325 e. The van der Waals surface area contributed by atoms with E-state index >= 15 is 0 Å². The van der Waals surface area contributed by atoms with E-state index in [1.807, 2.05) is 18.2 Å². The number of unbranched alkanes of at least 4 members (excludes halogenated alkanes) is 1. The van der Waals surface area contributed by atoms with Gasteiger partial charge in [0.15, 0.2) is 0 Å². The smallest absolute Gasteiger partial charge is 0.234 e. The summed E-state index contributed by atoms with van der Waals surface area (Å²) in [5.41, 5.74) is 3.23. The topological polar surface area (TPSA) is 96.5 Å². The number of amides is 1. The molecule has 0 aliphatic carbocycles. The molecule has 0 radical (unpaired) electrons. The van der Waals surface area contributed by atoms with Gasteiger partial charge in [-0.1, -0.05) is 43.3 Å². The molecule has 0 atom stereocenters. The van der Waals surface area contributed by atoms with Crippen molar-refractivity contribution in [2.75, 3.05) is 11.1 Å². The van der Waals surface area contributed by atoms with Gasteiger partial charge in [-0.2, -0.15) is 9.94 Å². The van der Waals surface area contributed by atoms with Crippen LogP contribution in [0.5, 0.6) is 0 Å². The molecule has 0 saturated carbocycles. The van der Waals surface area contributed by atoms with Crippen molar-refractivity contribution in [2.45, 2.75) is 31.3 Å². The van der Waals surface area contributed by atoms with Gasteiger partial charge in [-0.3, -0.25) is 4.79 Å². The molecule has 3 aromatic rings. The molecule has 0 aliphatic heterocycles. The van der Waals surface area contributed by atoms with E-state index in [-0.39, 0.29) is 11.7 Å². The second-order valence-corrected chi connectivity index (χ2v) is 7.12. The Morgan fingerprint density at radius 2 is 2.07 bits per heavy atom. The Labute approximate surface area is 167 Å². The molecular formula is C20H20N6OS. The van der Waals surface area contributed by atoms with Crippen molar-refractivity contribution >= 4 is 23.4 Å². The number of nitrogens with zero attached hydrogens (tertiary/aromatic N) is 5. The fourth-order valence-electron chi connectivity index (χ4n) is 2.61. The van der Waals surface area contributed by atoms with Crippen LogP contribution >= 0.6 is 11.8 Å². The zero-order valence-corrected chi connectivity index (χ0v) is 16.3. The standard InChI is InChI=1S/C20H20N6OS/c1-2-3-5-15-8-10-18(11-9-15)26-20(23-24-25-26)28-14-19(27)22-17-7-4-6-16(12-17)13-21/h4,6-12H,2-3,5,14H2,1H3,(H,22,27). The van der Waals surface area contributed by atoms with E-state index in [4.69, 9.17) is 5.26 Å². The second kappa shape index (κ2) is 9.67. The molecule has 0 saturated heterocycles. The summed E-state index contributed by atoms with van der Waals surface area (Å²) in [6, 6.07) is 17.0. The average molecular weight is 392 g/mol. The van der Waals surface area contributed by atoms with Crippen molar-refractivity contribution in [3.8, 4) is 11.8 Å². The van der Waals surface area contributed by atoms with Crippen LogP contribution < -0.4 is 5.32 Å². The molecule has 7 nitrogen and oxygen atoms in total. The van der Waals surface area contributed by atoms with Crippen LogP contribution in [-0.2, 0) is 11.2 Å². The number of anilines is 1. The van der Waals surface area contributed by atoms with Gasteiger partial charge in [-0.15, -0.1) is 5.10 Å². The number of benzene rings is 2. The molecule has 0 bridgehead atoms. The zero-order valence-electron chi connectivity index (χ0n) is 15.5. The third-order valence-corrected chi connectivity index (χ3v) is 4.97. The van der Waals surface area contributed by atoms with Gasteiger partial charge in [0.2, 0.25) is 11.1 Å². The molecule has 142 valence electrons. The van der Waals surface area contributed by atoms with Crippen LogP contribution in [0.4, 0.5) is 5.69 Å². The molecule has 8 heteroatoms. The third kappa shape index (κ3) is 5.18. The number of tetrazole rings is 1. The predicted molar refractivity (Wildman–Crippen MR) is 108 cm³/mol. The maximum atomic E-state index is 12.2. The van der Waals surface area contributed by atoms with E-state index in [1.165, 1.54) is 23.7 Å². The monoisotopic (exact) mass is 392 g/mol. The Morgan fingerprint density at radius 3 is 2.82 bits per heavy atom. The SMILES string of the molecule is CCCCc1ccc(-n2nnnc2SCC(=O)Nc2cccc(C#N)c2)cc1. The number of carbonyl (C=O) groups is 1. The van der Waals surface area contributed by atoms with E-state index in [1.54, 1.807) is 28.9 Å². The lowest BCUT2D eigenvalue weighted by Crippen LogP contribution is -2.14. The summed E-state index contributed by atoms with van der Waals surface area (Å²) in [6.45, 7) is 2.18. The highest BCUT2D eigenvalue weighted by molar-refractivity contribution is 7.99. The summed E-state index contributed by atoms with van der Waals surface area (Å²) in [6.07, 6.45) is 3.39. The van der Waals surface area contributed by atoms with E-state index in [0.29, 0.717) is 16.4 Å². The number of hydrogen-bond donors (Lipinski definition) is 1. The minimum atomic E-state index is -0.190. The van der Waals surface area contributed by atoms with Crippen molar-refractivity contribution in [3.63, 3.8) is 0 Å². The number of rotatable bonds is 8. The molecule has 1 N–H and O–H groups in total. The van der Waals surface area contributed by atoms with Gasteiger partial charge in [0.05, 0.1) is 23.1 Å². The lowest BCUT2D eigenvalue weighted by atomic mass is 10.1. The van der Waals surface area contributed by atoms with E-state index in [0.717, 1.165) is 18.5 Å². The second-order valence-electron chi connectivity index (χ2n) is 6.17. The summed E-state index contributed by atoms with van der Waals surface area (Å²) < 4.78 is 1.62. The first-order chi connectivity index (χ1) is 13.7. The number of nitrogens with one attached hydrogen (secondary N) is 1. The molecule has 0 unspecified atom stereocenters. The van der Waals surface area contributed by atoms with Gasteiger partial charge in [-0.05, 0) is 59.2 Å². The lowest BCUT2D eigenvalue weighted by molar-refractivity contribution is -0.113. The maximum absolute atomic E-state index is 12.2. The van der Waals surface area contributed by atoms with Crippen molar-refractivity contribution < 1.29 is 4.79 Å². The van der Waals surface area contributed by atoms with Crippen LogP contribution in [0, 0.1) is 11.3 Å². The van der Waals surface area contributed by atoms with Crippen molar-refractivity contribution in [1.82, 2.24) is 20.2 Å². The first kappa shape index (κ1) is 19.6. The van der Waals surface area contributed by atoms with Crippen molar-refractivity contribution in [3.05, 3.63) is 59.7 Å². The Balaban J connectivity index is 1.61. The number of aryl methyl sites for hydroxylation is 1. The van der Waals surface area contributed by atoms with Crippen LogP contribution in [0.15, 0.2) is 53.7 Å². The van der Waals surface area contributed by atoms with Gasteiger partial charge in [0.25, 0.3) is 0 Å². The van der Waals surface area contributed by atoms with E-state index in [9.17, 15) is 4.79 Å². The van der Waals surface area contributed by atoms with Gasteiger partial charge in [0, 0.05) is 5.69 Å². The summed E-state index contributed by atoms with van der Waals surface area (Å²) in [5.74, 6) is -0.0318. The summed E-state index contributed by atoms with van der Waals surface area (Å²) in [5, 5.41) is 24.0. The van der Waals surface area contributed by atoms with Crippen LogP contribution in [0.3, 0.4) is 0 Å². The van der Waals surface area contributed by atoms with Gasteiger partial charge in [0.1, 0.15) is 0 Å². The molecule has 1 heterocycles. The summed E-state index contributed by atoms with van der Waals surface area (Å²) >= 11 is 1.25. The molecule has 3 rings (SSSR count). The van der Waals surface area contributed by atoms with E-state index in [2.05, 4.69) is 39.9 Å². The zero-order chi connectivity index (χ0) is 19.8. The number of carbonyl (C=O) groups excluding carboxylic acids is 1.